The van der Waals surface area contributed by atoms with E-state index in [1.165, 1.54) is 39.0 Å². The van der Waals surface area contributed by atoms with Crippen LogP contribution in [0.3, 0.4) is 0 Å². The van der Waals surface area contributed by atoms with Crippen LogP contribution in [0.25, 0.3) is 22.8 Å². The Kier molecular flexibility index (Phi) is 22.1. The molecule has 86 heavy (non-hydrogen) atoms. The first-order valence-corrected chi connectivity index (χ1v) is 29.7. The molecule has 0 radical (unpaired) electrons. The fraction of sp³-hybridized carbons (Fsp3) is 0.409. The summed E-state index contributed by atoms with van der Waals surface area (Å²) in [6, 6.07) is 19.9. The number of carbonyl (C=O) groups is 8. The topological polar surface area (TPSA) is 267 Å². The number of rotatable bonds is 23. The second kappa shape index (κ2) is 29.2. The maximum absolute atomic E-state index is 15.3. The van der Waals surface area contributed by atoms with Crippen molar-refractivity contribution in [1.29, 1.82) is 0 Å². The van der Waals surface area contributed by atoms with E-state index in [1.807, 2.05) is 39.8 Å². The number of esters is 4. The molecule has 4 aromatic rings. The Bertz CT molecular complexity index is 3300. The number of H-pyrrole nitrogens is 1. The van der Waals surface area contributed by atoms with Crippen LogP contribution in [-0.2, 0) is 47.7 Å². The Morgan fingerprint density at radius 3 is 1.76 bits per heavy atom. The lowest BCUT2D eigenvalue weighted by Gasteiger charge is -2.37. The van der Waals surface area contributed by atoms with Gasteiger partial charge in [0.05, 0.1) is 34.3 Å². The van der Waals surface area contributed by atoms with Gasteiger partial charge in [0.1, 0.15) is 54.0 Å². The third-order valence-corrected chi connectivity index (χ3v) is 16.6. The van der Waals surface area contributed by atoms with Gasteiger partial charge >= 0.3 is 29.8 Å². The van der Waals surface area contributed by atoms with Gasteiger partial charge < -0.3 is 44.4 Å². The van der Waals surface area contributed by atoms with Crippen molar-refractivity contribution in [2.24, 2.45) is 40.5 Å². The van der Waals surface area contributed by atoms with Gasteiger partial charge in [-0.05, 0) is 124 Å². The van der Waals surface area contributed by atoms with E-state index in [-0.39, 0.29) is 106 Å². The molecule has 2 heterocycles. The molecule has 0 saturated heterocycles. The highest BCUT2D eigenvalue weighted by molar-refractivity contribution is 8.00. The van der Waals surface area contributed by atoms with Crippen molar-refractivity contribution in [3.05, 3.63) is 137 Å². The summed E-state index contributed by atoms with van der Waals surface area (Å²) in [6.45, 7) is 25.4. The number of thioether (sulfide) groups is 1. The summed E-state index contributed by atoms with van der Waals surface area (Å²) >= 11 is 0.986. The van der Waals surface area contributed by atoms with Crippen LogP contribution in [0.15, 0.2) is 124 Å². The molecule has 2 saturated carbocycles. The summed E-state index contributed by atoms with van der Waals surface area (Å²) in [7, 11) is 0. The molecule has 6 unspecified atom stereocenters. The zero-order valence-electron chi connectivity index (χ0n) is 50.3. The summed E-state index contributed by atoms with van der Waals surface area (Å²) in [5.41, 5.74) is 1.98. The van der Waals surface area contributed by atoms with Crippen molar-refractivity contribution in [3.63, 3.8) is 0 Å². The number of aromatic amines is 1. The number of hydrogen-bond acceptors (Lipinski definition) is 16. The van der Waals surface area contributed by atoms with Gasteiger partial charge in [0, 0.05) is 27.2 Å². The molecule has 2 aliphatic carbocycles. The zero-order chi connectivity index (χ0) is 62.7. The third kappa shape index (κ3) is 16.3. The average molecular weight is 1200 g/mol. The molecule has 5 N–H and O–H groups in total. The number of carbonyl (C=O) groups excluding carboxylic acids is 7. The normalized spacial score (nSPS) is 22.2. The molecule has 19 nitrogen and oxygen atoms in total. The third-order valence-electron chi connectivity index (χ3n) is 15.5. The van der Waals surface area contributed by atoms with Gasteiger partial charge in [-0.15, -0.1) is 11.8 Å². The molecule has 0 spiro atoms. The molecule has 1 aromatic heterocycles. The predicted molar refractivity (Wildman–Crippen MR) is 328 cm³/mol. The minimum absolute atomic E-state index is 0.00867. The fourth-order valence-corrected chi connectivity index (χ4v) is 12.7. The van der Waals surface area contributed by atoms with Crippen molar-refractivity contribution in [1.82, 2.24) is 15.6 Å². The minimum atomic E-state index is -1.28. The predicted octanol–water partition coefficient (Wildman–Crippen LogP) is 10.8. The van der Waals surface area contributed by atoms with Gasteiger partial charge in [-0.25, -0.2) is 29.0 Å². The number of aromatic carboxylic acids is 1. The SMILES string of the molecule is C=C(C)C(=O)OCC(COC(=O)C(=C)C)NC(C)C(=O)NC1=N/C(=C\c2[nH]c(NC(=O)C(C)Sc3cc(OC=O)cc(C(=O)O)c3)c(C(=O)OC3C(C)CC(C)CC3C)c2-c2ccccc2)C(c2ccccc2)=C1C(=O)OC1C(C)CC(C)CC1C. The highest BCUT2D eigenvalue weighted by Crippen LogP contribution is 2.43. The first-order valence-electron chi connectivity index (χ1n) is 28.9. The smallest absolute Gasteiger partial charge is 0.342 e. The number of benzene rings is 3. The van der Waals surface area contributed by atoms with Crippen molar-refractivity contribution in [3.8, 4) is 16.9 Å². The van der Waals surface area contributed by atoms with Crippen molar-refractivity contribution in [2.45, 2.75) is 129 Å². The Morgan fingerprint density at radius 1 is 0.721 bits per heavy atom. The monoisotopic (exact) mass is 1200 g/mol. The largest absolute Gasteiger partial charge is 0.478 e. The molecular weight excluding hydrogens is 1120 g/mol. The number of amidine groups is 1. The maximum Gasteiger partial charge on any atom is 0.342 e. The van der Waals surface area contributed by atoms with Crippen molar-refractivity contribution >= 4 is 83.2 Å². The molecule has 6 atom stereocenters. The molecule has 2 amide bonds. The van der Waals surface area contributed by atoms with Crippen molar-refractivity contribution < 1.29 is 67.1 Å². The number of amides is 2. The van der Waals surface area contributed by atoms with E-state index in [2.05, 4.69) is 47.9 Å². The molecule has 0 bridgehead atoms. The number of aliphatic imine (C=N–C) groups is 1. The van der Waals surface area contributed by atoms with Crippen LogP contribution in [0.2, 0.25) is 0 Å². The Labute approximate surface area is 505 Å². The van der Waals surface area contributed by atoms with Gasteiger partial charge in [-0.1, -0.05) is 115 Å². The van der Waals surface area contributed by atoms with Crippen LogP contribution in [0.4, 0.5) is 5.82 Å². The molecule has 3 aromatic carbocycles. The van der Waals surface area contributed by atoms with Crippen LogP contribution in [0, 0.1) is 35.5 Å². The standard InChI is InChI=1S/C66H77N5O14S/c1-34(2)63(77)81-31-47(32-82-64(78)35(3)4)67-42(11)60(73)70-58-54(65(79)84-56-38(7)23-36(5)24-39(56)8)52(44-19-15-13-16-20-44)50(68-58)30-51-53(45-21-17-14-18-22-45)55(66(80)85-57-40(9)25-37(6)26-41(57)10)59(69-51)71-61(74)43(12)86-49-28-46(62(75)76)27-48(29-49)83-33-72/h13-22,27-30,33,36-43,47,56-57,67,69H,1,3,23-26,31-32H2,2,4-12H3,(H,71,74)(H,75,76)(H,68,70,73)/b50-30-. The van der Waals surface area contributed by atoms with Crippen LogP contribution < -0.4 is 20.7 Å². The van der Waals surface area contributed by atoms with Crippen LogP contribution in [-0.4, -0.2) is 107 Å². The van der Waals surface area contributed by atoms with E-state index < -0.39 is 71.2 Å². The van der Waals surface area contributed by atoms with Crippen LogP contribution >= 0.6 is 11.8 Å². The Hall–Kier alpha value is -8.36. The summed E-state index contributed by atoms with van der Waals surface area (Å²) in [4.78, 5) is 117. The molecular formula is C66H77N5O14S. The van der Waals surface area contributed by atoms with E-state index >= 15 is 9.59 Å². The number of hydrogen-bond donors (Lipinski definition) is 5. The van der Waals surface area contributed by atoms with E-state index in [9.17, 15) is 33.9 Å². The molecule has 7 rings (SSSR count). The minimum Gasteiger partial charge on any atom is -0.478 e. The highest BCUT2D eigenvalue weighted by Gasteiger charge is 2.41. The number of carboxylic acid groups (broad SMARTS) is 1. The molecule has 20 heteroatoms. The van der Waals surface area contributed by atoms with Gasteiger partial charge in [-0.3, -0.25) is 19.7 Å². The first kappa shape index (κ1) is 65.2. The van der Waals surface area contributed by atoms with E-state index in [0.717, 1.165) is 37.4 Å². The molecule has 456 valence electrons. The summed E-state index contributed by atoms with van der Waals surface area (Å²) in [5, 5.41) is 17.8. The lowest BCUT2D eigenvalue weighted by molar-refractivity contribution is -0.152. The summed E-state index contributed by atoms with van der Waals surface area (Å²) in [5.74, 6) is -4.99. The quantitative estimate of drug-likeness (QED) is 0.0152. The molecule has 2 fully saturated rings. The summed E-state index contributed by atoms with van der Waals surface area (Å²) < 4.78 is 28.9. The number of nitrogens with zero attached hydrogens (tertiary/aromatic N) is 1. The van der Waals surface area contributed by atoms with Crippen LogP contribution in [0.5, 0.6) is 5.75 Å². The van der Waals surface area contributed by atoms with Gasteiger partial charge in [-0.2, -0.15) is 0 Å². The number of nitrogens with one attached hydrogen (secondary N) is 4. The van der Waals surface area contributed by atoms with Gasteiger partial charge in [0.25, 0.3) is 6.47 Å². The van der Waals surface area contributed by atoms with E-state index in [4.69, 9.17) is 28.7 Å². The van der Waals surface area contributed by atoms with E-state index in [0.29, 0.717) is 33.4 Å². The summed E-state index contributed by atoms with van der Waals surface area (Å²) in [6.07, 6.45) is 3.89. The highest BCUT2D eigenvalue weighted by atomic mass is 32.2. The number of ether oxygens (including phenoxy) is 5. The first-order chi connectivity index (χ1) is 40.8. The lowest BCUT2D eigenvalue weighted by atomic mass is 9.75. The van der Waals surface area contributed by atoms with Gasteiger partial charge in [0.15, 0.2) is 0 Å². The number of allylic oxidation sites excluding steroid dienone is 1. The Balaban J connectivity index is 1.40. The maximum atomic E-state index is 15.3. The molecule has 1 aliphatic heterocycles. The zero-order valence-corrected chi connectivity index (χ0v) is 51.1. The van der Waals surface area contributed by atoms with Crippen LogP contribution in [0.1, 0.15) is 127 Å². The second-order valence-electron chi connectivity index (χ2n) is 23.2. The number of anilines is 1. The van der Waals surface area contributed by atoms with Crippen molar-refractivity contribution in [2.75, 3.05) is 18.5 Å². The van der Waals surface area contributed by atoms with E-state index in [1.54, 1.807) is 61.5 Å². The second-order valence-corrected chi connectivity index (χ2v) is 24.6. The fourth-order valence-electron chi connectivity index (χ4n) is 11.7. The Morgan fingerprint density at radius 2 is 1.24 bits per heavy atom. The molecule has 3 aliphatic rings. The number of aromatic nitrogens is 1. The lowest BCUT2D eigenvalue weighted by Crippen LogP contribution is -2.51. The number of carboxylic acids is 1. The average Bonchev–Trinajstić information content (AvgIpc) is 1.68. The van der Waals surface area contributed by atoms with Gasteiger partial charge in [0.2, 0.25) is 11.8 Å².